The third-order valence-corrected chi connectivity index (χ3v) is 3.84. The third-order valence-electron chi connectivity index (χ3n) is 3.19. The molecule has 0 aliphatic rings. The summed E-state index contributed by atoms with van der Waals surface area (Å²) in [6, 6.07) is 7.58. The van der Waals surface area contributed by atoms with E-state index in [1.165, 1.54) is 0 Å². The van der Waals surface area contributed by atoms with E-state index in [1.54, 1.807) is 0 Å². The molecule has 5 heteroatoms. The highest BCUT2D eigenvalue weighted by Crippen LogP contribution is 2.22. The molecule has 0 radical (unpaired) electrons. The van der Waals surface area contributed by atoms with Gasteiger partial charge in [-0.25, -0.2) is 4.98 Å². The average Bonchev–Trinajstić information content (AvgIpc) is 2.74. The molecule has 0 fully saturated rings. The first kappa shape index (κ1) is 15.1. The summed E-state index contributed by atoms with van der Waals surface area (Å²) in [5, 5.41) is 0.939. The number of hydrogen-bond acceptors (Lipinski definition) is 2. The number of aromatic nitrogens is 2. The normalized spacial score (nSPS) is 10.8. The van der Waals surface area contributed by atoms with Crippen LogP contribution in [0.4, 0.5) is 0 Å². The second-order valence-electron chi connectivity index (χ2n) is 4.60. The first-order valence-corrected chi connectivity index (χ1v) is 7.36. The standard InChI is InChI=1S/C15H16Cl2N2O/c1-2-3-8-14-18-15(17)13(10-20)19(14)9-11-6-4-5-7-12(11)16/h4-7,10H,2-3,8-9H2,1H3. The van der Waals surface area contributed by atoms with E-state index in [9.17, 15) is 4.79 Å². The number of aldehydes is 1. The van der Waals surface area contributed by atoms with E-state index >= 15 is 0 Å². The Kier molecular flexibility index (Phi) is 5.21. The molecule has 1 aromatic carbocycles. The van der Waals surface area contributed by atoms with E-state index in [1.807, 2.05) is 28.8 Å². The van der Waals surface area contributed by atoms with Crippen LogP contribution in [0.3, 0.4) is 0 Å². The first-order chi connectivity index (χ1) is 9.67. The lowest BCUT2D eigenvalue weighted by molar-refractivity contribution is 0.111. The lowest BCUT2D eigenvalue weighted by atomic mass is 10.2. The number of benzene rings is 1. The maximum absolute atomic E-state index is 11.2. The molecule has 3 nitrogen and oxygen atoms in total. The molecule has 0 atom stereocenters. The maximum Gasteiger partial charge on any atom is 0.169 e. The van der Waals surface area contributed by atoms with Crippen LogP contribution >= 0.6 is 23.2 Å². The van der Waals surface area contributed by atoms with E-state index in [2.05, 4.69) is 11.9 Å². The fourth-order valence-corrected chi connectivity index (χ4v) is 2.53. The predicted molar refractivity (Wildman–Crippen MR) is 81.8 cm³/mol. The van der Waals surface area contributed by atoms with Gasteiger partial charge in [0.1, 0.15) is 11.5 Å². The summed E-state index contributed by atoms with van der Waals surface area (Å²) in [4.78, 5) is 15.5. The first-order valence-electron chi connectivity index (χ1n) is 6.60. The summed E-state index contributed by atoms with van der Waals surface area (Å²) >= 11 is 12.2. The molecule has 2 rings (SSSR count). The summed E-state index contributed by atoms with van der Waals surface area (Å²) in [5.41, 5.74) is 1.36. The Hall–Kier alpha value is -1.32. The fraction of sp³-hybridized carbons (Fsp3) is 0.333. The van der Waals surface area contributed by atoms with Crippen LogP contribution in [-0.4, -0.2) is 15.8 Å². The van der Waals surface area contributed by atoms with Crippen LogP contribution in [0.15, 0.2) is 24.3 Å². The molecule has 0 saturated heterocycles. The van der Waals surface area contributed by atoms with E-state index < -0.39 is 0 Å². The van der Waals surface area contributed by atoms with Crippen molar-refractivity contribution in [2.75, 3.05) is 0 Å². The molecule has 0 spiro atoms. The predicted octanol–water partition coefficient (Wildman–Crippen LogP) is 4.39. The molecular weight excluding hydrogens is 295 g/mol. The second kappa shape index (κ2) is 6.91. The van der Waals surface area contributed by atoms with Crippen LogP contribution in [0, 0.1) is 0 Å². The number of carbonyl (C=O) groups is 1. The zero-order valence-corrected chi connectivity index (χ0v) is 12.8. The third kappa shape index (κ3) is 3.22. The van der Waals surface area contributed by atoms with Gasteiger partial charge in [0.05, 0.1) is 6.54 Å². The summed E-state index contributed by atoms with van der Waals surface area (Å²) in [6.45, 7) is 2.62. The SMILES string of the molecule is CCCCc1nc(Cl)c(C=O)n1Cc1ccccc1Cl. The topological polar surface area (TPSA) is 34.9 Å². The van der Waals surface area contributed by atoms with Crippen molar-refractivity contribution in [2.45, 2.75) is 32.7 Å². The van der Waals surface area contributed by atoms with Gasteiger partial charge in [0, 0.05) is 11.4 Å². The van der Waals surface area contributed by atoms with Crippen LogP contribution in [0.5, 0.6) is 0 Å². The number of nitrogens with zero attached hydrogens (tertiary/aromatic N) is 2. The number of halogens is 2. The average molecular weight is 311 g/mol. The van der Waals surface area contributed by atoms with Crippen molar-refractivity contribution in [3.8, 4) is 0 Å². The number of hydrogen-bond donors (Lipinski definition) is 0. The van der Waals surface area contributed by atoms with E-state index in [-0.39, 0.29) is 5.15 Å². The van der Waals surface area contributed by atoms with Crippen LogP contribution in [-0.2, 0) is 13.0 Å². The minimum atomic E-state index is 0.262. The van der Waals surface area contributed by atoms with Crippen LogP contribution in [0.25, 0.3) is 0 Å². The van der Waals surface area contributed by atoms with Crippen LogP contribution < -0.4 is 0 Å². The highest BCUT2D eigenvalue weighted by molar-refractivity contribution is 6.32. The van der Waals surface area contributed by atoms with Crippen LogP contribution in [0.1, 0.15) is 41.6 Å². The Morgan fingerprint density at radius 3 is 2.70 bits per heavy atom. The lowest BCUT2D eigenvalue weighted by Gasteiger charge is -2.10. The van der Waals surface area contributed by atoms with Crippen molar-refractivity contribution in [2.24, 2.45) is 0 Å². The molecule has 0 unspecified atom stereocenters. The van der Waals surface area contributed by atoms with Gasteiger partial charge in [0.2, 0.25) is 0 Å². The molecule has 1 heterocycles. The molecule has 0 aliphatic carbocycles. The fourth-order valence-electron chi connectivity index (χ4n) is 2.09. The summed E-state index contributed by atoms with van der Waals surface area (Å²) in [7, 11) is 0. The smallest absolute Gasteiger partial charge is 0.169 e. The molecule has 20 heavy (non-hydrogen) atoms. The highest BCUT2D eigenvalue weighted by atomic mass is 35.5. The van der Waals surface area contributed by atoms with Crippen molar-refractivity contribution in [3.63, 3.8) is 0 Å². The van der Waals surface area contributed by atoms with Gasteiger partial charge in [-0.15, -0.1) is 0 Å². The van der Waals surface area contributed by atoms with Gasteiger partial charge >= 0.3 is 0 Å². The Bertz CT molecular complexity index is 608. The Balaban J connectivity index is 2.38. The molecule has 0 saturated carbocycles. The van der Waals surface area contributed by atoms with Gasteiger partial charge in [-0.1, -0.05) is 54.7 Å². The summed E-state index contributed by atoms with van der Waals surface area (Å²) in [5.74, 6) is 0.832. The Morgan fingerprint density at radius 2 is 2.05 bits per heavy atom. The minimum Gasteiger partial charge on any atom is -0.320 e. The lowest BCUT2D eigenvalue weighted by Crippen LogP contribution is -2.09. The summed E-state index contributed by atoms with van der Waals surface area (Å²) < 4.78 is 1.85. The van der Waals surface area contributed by atoms with Crippen molar-refractivity contribution < 1.29 is 4.79 Å². The van der Waals surface area contributed by atoms with Gasteiger partial charge < -0.3 is 4.57 Å². The molecule has 2 aromatic rings. The van der Waals surface area contributed by atoms with Crippen molar-refractivity contribution in [3.05, 3.63) is 51.5 Å². The zero-order chi connectivity index (χ0) is 14.5. The van der Waals surface area contributed by atoms with Gasteiger partial charge in [-0.2, -0.15) is 0 Å². The molecule has 1 aromatic heterocycles. The quantitative estimate of drug-likeness (QED) is 0.741. The Labute approximate surface area is 128 Å². The number of aryl methyl sites for hydroxylation is 1. The molecular formula is C15H16Cl2N2O. The monoisotopic (exact) mass is 310 g/mol. The number of carbonyl (C=O) groups excluding carboxylic acids is 1. The zero-order valence-electron chi connectivity index (χ0n) is 11.3. The number of rotatable bonds is 6. The summed E-state index contributed by atoms with van der Waals surface area (Å²) in [6.07, 6.45) is 3.62. The second-order valence-corrected chi connectivity index (χ2v) is 5.37. The van der Waals surface area contributed by atoms with Crippen molar-refractivity contribution in [1.29, 1.82) is 0 Å². The molecule has 0 N–H and O–H groups in total. The molecule has 106 valence electrons. The highest BCUT2D eigenvalue weighted by Gasteiger charge is 2.15. The van der Waals surface area contributed by atoms with Gasteiger partial charge in [-0.3, -0.25) is 4.79 Å². The maximum atomic E-state index is 11.2. The number of imidazole rings is 1. The largest absolute Gasteiger partial charge is 0.320 e. The van der Waals surface area contributed by atoms with E-state index in [0.717, 1.165) is 36.9 Å². The molecule has 0 amide bonds. The van der Waals surface area contributed by atoms with E-state index in [4.69, 9.17) is 23.2 Å². The molecule has 0 bridgehead atoms. The Morgan fingerprint density at radius 1 is 1.30 bits per heavy atom. The van der Waals surface area contributed by atoms with Gasteiger partial charge in [-0.05, 0) is 18.1 Å². The van der Waals surface area contributed by atoms with E-state index in [0.29, 0.717) is 17.3 Å². The number of unbranched alkanes of at least 4 members (excludes halogenated alkanes) is 1. The van der Waals surface area contributed by atoms with Crippen LogP contribution in [0.2, 0.25) is 10.2 Å². The minimum absolute atomic E-state index is 0.262. The van der Waals surface area contributed by atoms with Gasteiger partial charge in [0.15, 0.2) is 11.4 Å². The molecule has 0 aliphatic heterocycles. The van der Waals surface area contributed by atoms with Gasteiger partial charge in [0.25, 0.3) is 0 Å². The van der Waals surface area contributed by atoms with Crippen molar-refractivity contribution in [1.82, 2.24) is 9.55 Å². The van der Waals surface area contributed by atoms with Crippen molar-refractivity contribution >= 4 is 29.5 Å².